The van der Waals surface area contributed by atoms with Gasteiger partial charge in [0.2, 0.25) is 0 Å². The van der Waals surface area contributed by atoms with Crippen LogP contribution in [0.1, 0.15) is 30.2 Å². The Kier molecular flexibility index (Phi) is 4.33. The molecule has 2 aromatic heterocycles. The van der Waals surface area contributed by atoms with Crippen LogP contribution >= 0.6 is 0 Å². The Balaban J connectivity index is 1.97. The lowest BCUT2D eigenvalue weighted by Crippen LogP contribution is -2.02. The molecule has 0 spiro atoms. The standard InChI is InChI=1S/C19H21FN2O/c1-4-9-22-14(3)13(2)17-10-21-11-18(19(17)22)23-12-15-5-7-16(20)8-6-15/h5-8,10-11H,4,9,12H2,1-3H3. The second-order valence-electron chi connectivity index (χ2n) is 5.81. The number of pyridine rings is 1. The highest BCUT2D eigenvalue weighted by Crippen LogP contribution is 2.32. The maximum absolute atomic E-state index is 13.0. The normalized spacial score (nSPS) is 11.1. The molecule has 120 valence electrons. The monoisotopic (exact) mass is 312 g/mol. The van der Waals surface area contributed by atoms with E-state index in [1.807, 2.05) is 6.20 Å². The van der Waals surface area contributed by atoms with Gasteiger partial charge in [0.15, 0.2) is 5.75 Å². The van der Waals surface area contributed by atoms with Gasteiger partial charge in [0.1, 0.15) is 12.4 Å². The molecule has 0 amide bonds. The largest absolute Gasteiger partial charge is 0.485 e. The second-order valence-corrected chi connectivity index (χ2v) is 5.81. The summed E-state index contributed by atoms with van der Waals surface area (Å²) < 4.78 is 21.3. The molecule has 2 heterocycles. The highest BCUT2D eigenvalue weighted by molar-refractivity contribution is 5.89. The molecule has 0 atom stereocenters. The van der Waals surface area contributed by atoms with E-state index in [9.17, 15) is 4.39 Å². The first-order valence-electron chi connectivity index (χ1n) is 7.92. The third kappa shape index (κ3) is 2.93. The van der Waals surface area contributed by atoms with Crippen molar-refractivity contribution in [2.24, 2.45) is 0 Å². The Labute approximate surface area is 135 Å². The van der Waals surface area contributed by atoms with E-state index in [2.05, 4.69) is 30.3 Å². The van der Waals surface area contributed by atoms with Gasteiger partial charge >= 0.3 is 0 Å². The highest BCUT2D eigenvalue weighted by Gasteiger charge is 2.15. The molecule has 4 heteroatoms. The zero-order chi connectivity index (χ0) is 16.4. The summed E-state index contributed by atoms with van der Waals surface area (Å²) in [5, 5.41) is 1.13. The van der Waals surface area contributed by atoms with Crippen molar-refractivity contribution in [3.63, 3.8) is 0 Å². The van der Waals surface area contributed by atoms with Crippen molar-refractivity contribution < 1.29 is 9.13 Å². The van der Waals surface area contributed by atoms with Crippen molar-refractivity contribution >= 4 is 10.9 Å². The van der Waals surface area contributed by atoms with Crippen LogP contribution in [0, 0.1) is 19.7 Å². The van der Waals surface area contributed by atoms with Crippen LogP contribution in [0.5, 0.6) is 5.75 Å². The van der Waals surface area contributed by atoms with Crippen molar-refractivity contribution in [1.29, 1.82) is 0 Å². The zero-order valence-electron chi connectivity index (χ0n) is 13.8. The van der Waals surface area contributed by atoms with Gasteiger partial charge in [-0.25, -0.2) is 4.39 Å². The molecule has 23 heavy (non-hydrogen) atoms. The van der Waals surface area contributed by atoms with Gasteiger partial charge in [-0.2, -0.15) is 0 Å². The predicted octanol–water partition coefficient (Wildman–Crippen LogP) is 4.78. The lowest BCUT2D eigenvalue weighted by molar-refractivity contribution is 0.307. The summed E-state index contributed by atoms with van der Waals surface area (Å²) in [6.07, 6.45) is 4.72. The summed E-state index contributed by atoms with van der Waals surface area (Å²) in [5.74, 6) is 0.539. The predicted molar refractivity (Wildman–Crippen MR) is 90.2 cm³/mol. The molecule has 0 bridgehead atoms. The Morgan fingerprint density at radius 1 is 1.13 bits per heavy atom. The molecule has 0 fully saturated rings. The van der Waals surface area contributed by atoms with Crippen molar-refractivity contribution in [2.75, 3.05) is 0 Å². The molecule has 0 aliphatic heterocycles. The number of ether oxygens (including phenoxy) is 1. The Bertz CT molecular complexity index is 821. The number of nitrogens with zero attached hydrogens (tertiary/aromatic N) is 2. The SMILES string of the molecule is CCCn1c(C)c(C)c2cncc(OCc3ccc(F)cc3)c21. The van der Waals surface area contributed by atoms with Crippen LogP contribution in [-0.4, -0.2) is 9.55 Å². The number of hydrogen-bond donors (Lipinski definition) is 0. The van der Waals surface area contributed by atoms with Crippen LogP contribution in [0.15, 0.2) is 36.7 Å². The molecule has 0 N–H and O–H groups in total. The van der Waals surface area contributed by atoms with E-state index >= 15 is 0 Å². The molecule has 1 aromatic carbocycles. The second kappa shape index (κ2) is 6.41. The van der Waals surface area contributed by atoms with Gasteiger partial charge in [0.05, 0.1) is 11.7 Å². The van der Waals surface area contributed by atoms with Crippen LogP contribution < -0.4 is 4.74 Å². The maximum atomic E-state index is 13.0. The lowest BCUT2D eigenvalue weighted by atomic mass is 10.2. The van der Waals surface area contributed by atoms with Crippen LogP contribution in [0.25, 0.3) is 10.9 Å². The molecule has 3 aromatic rings. The first-order valence-corrected chi connectivity index (χ1v) is 7.92. The van der Waals surface area contributed by atoms with Gasteiger partial charge in [0.25, 0.3) is 0 Å². The first-order chi connectivity index (χ1) is 11.1. The molecule has 0 aliphatic rings. The molecule has 0 saturated heterocycles. The summed E-state index contributed by atoms with van der Waals surface area (Å²) in [6, 6.07) is 6.38. The van der Waals surface area contributed by atoms with E-state index in [0.717, 1.165) is 35.2 Å². The van der Waals surface area contributed by atoms with Gasteiger partial charge in [-0.1, -0.05) is 19.1 Å². The fourth-order valence-electron chi connectivity index (χ4n) is 2.90. The summed E-state index contributed by atoms with van der Waals surface area (Å²) in [5.41, 5.74) is 4.53. The first kappa shape index (κ1) is 15.5. The van der Waals surface area contributed by atoms with Gasteiger partial charge in [-0.15, -0.1) is 0 Å². The van der Waals surface area contributed by atoms with Crippen LogP contribution in [0.4, 0.5) is 4.39 Å². The van der Waals surface area contributed by atoms with E-state index in [4.69, 9.17) is 4.74 Å². The van der Waals surface area contributed by atoms with E-state index in [1.165, 1.54) is 23.4 Å². The van der Waals surface area contributed by atoms with Gasteiger partial charge < -0.3 is 9.30 Å². The number of hydrogen-bond acceptors (Lipinski definition) is 2. The van der Waals surface area contributed by atoms with E-state index in [0.29, 0.717) is 6.61 Å². The maximum Gasteiger partial charge on any atom is 0.162 e. The topological polar surface area (TPSA) is 27.1 Å². The summed E-state index contributed by atoms with van der Waals surface area (Å²) in [7, 11) is 0. The smallest absolute Gasteiger partial charge is 0.162 e. The van der Waals surface area contributed by atoms with Crippen molar-refractivity contribution in [2.45, 2.75) is 40.3 Å². The fourth-order valence-corrected chi connectivity index (χ4v) is 2.90. The van der Waals surface area contributed by atoms with Crippen LogP contribution in [0.2, 0.25) is 0 Å². The Hall–Kier alpha value is -2.36. The average Bonchev–Trinajstić information content (AvgIpc) is 2.80. The quantitative estimate of drug-likeness (QED) is 0.678. The molecule has 0 saturated carbocycles. The number of fused-ring (bicyclic) bond motifs is 1. The van der Waals surface area contributed by atoms with Gasteiger partial charge in [-0.3, -0.25) is 4.98 Å². The van der Waals surface area contributed by atoms with Crippen molar-refractivity contribution in [1.82, 2.24) is 9.55 Å². The molecular weight excluding hydrogens is 291 g/mol. The molecule has 0 radical (unpaired) electrons. The molecular formula is C19H21FN2O. The minimum Gasteiger partial charge on any atom is -0.485 e. The zero-order valence-corrected chi connectivity index (χ0v) is 13.8. The average molecular weight is 312 g/mol. The molecule has 3 rings (SSSR count). The van der Waals surface area contributed by atoms with Crippen LogP contribution in [-0.2, 0) is 13.2 Å². The lowest BCUT2D eigenvalue weighted by Gasteiger charge is -2.11. The van der Waals surface area contributed by atoms with Crippen LogP contribution in [0.3, 0.4) is 0 Å². The van der Waals surface area contributed by atoms with E-state index < -0.39 is 0 Å². The number of halogens is 1. The minimum atomic E-state index is -0.236. The number of benzene rings is 1. The molecule has 0 aliphatic carbocycles. The van der Waals surface area contributed by atoms with Crippen molar-refractivity contribution in [3.05, 3.63) is 59.3 Å². The van der Waals surface area contributed by atoms with Gasteiger partial charge in [0, 0.05) is 23.8 Å². The third-order valence-electron chi connectivity index (χ3n) is 4.26. The number of aromatic nitrogens is 2. The summed E-state index contributed by atoms with van der Waals surface area (Å²) in [6.45, 7) is 7.77. The fraction of sp³-hybridized carbons (Fsp3) is 0.316. The van der Waals surface area contributed by atoms with E-state index in [-0.39, 0.29) is 5.82 Å². The Morgan fingerprint density at radius 2 is 1.87 bits per heavy atom. The Morgan fingerprint density at radius 3 is 2.57 bits per heavy atom. The summed E-state index contributed by atoms with van der Waals surface area (Å²) >= 11 is 0. The number of rotatable bonds is 5. The molecule has 0 unspecified atom stereocenters. The number of aryl methyl sites for hydroxylation is 2. The minimum absolute atomic E-state index is 0.236. The van der Waals surface area contributed by atoms with Gasteiger partial charge in [-0.05, 0) is 43.5 Å². The third-order valence-corrected chi connectivity index (χ3v) is 4.26. The highest BCUT2D eigenvalue weighted by atomic mass is 19.1. The molecule has 3 nitrogen and oxygen atoms in total. The summed E-state index contributed by atoms with van der Waals surface area (Å²) in [4.78, 5) is 4.32. The van der Waals surface area contributed by atoms with Crippen molar-refractivity contribution in [3.8, 4) is 5.75 Å². The van der Waals surface area contributed by atoms with E-state index in [1.54, 1.807) is 18.3 Å².